The van der Waals surface area contributed by atoms with Crippen molar-refractivity contribution >= 4 is 47.8 Å². The Morgan fingerprint density at radius 2 is 1.88 bits per heavy atom. The van der Waals surface area contributed by atoms with Crippen molar-refractivity contribution in [2.45, 2.75) is 69.1 Å². The molecule has 1 aliphatic heterocycles. The van der Waals surface area contributed by atoms with E-state index in [4.69, 9.17) is 17.3 Å². The van der Waals surface area contributed by atoms with Crippen LogP contribution in [0.2, 0.25) is 4.34 Å². The van der Waals surface area contributed by atoms with Crippen molar-refractivity contribution in [3.63, 3.8) is 0 Å². The minimum Gasteiger partial charge on any atom is -0.390 e. The minimum absolute atomic E-state index is 0. The molecule has 24 heavy (non-hydrogen) atoms. The lowest BCUT2D eigenvalue weighted by Gasteiger charge is -2.42. The quantitative estimate of drug-likeness (QED) is 0.743. The van der Waals surface area contributed by atoms with Gasteiger partial charge in [0.1, 0.15) is 0 Å². The predicted octanol–water partition coefficient (Wildman–Crippen LogP) is 4.79. The van der Waals surface area contributed by atoms with E-state index in [0.717, 1.165) is 62.4 Å². The Balaban J connectivity index is 0.00000144. The monoisotopic (exact) mass is 414 g/mol. The van der Waals surface area contributed by atoms with Crippen LogP contribution in [0.5, 0.6) is 0 Å². The van der Waals surface area contributed by atoms with E-state index in [1.807, 2.05) is 0 Å². The molecule has 0 spiro atoms. The first-order valence-corrected chi connectivity index (χ1v) is 9.77. The van der Waals surface area contributed by atoms with Crippen molar-refractivity contribution in [2.75, 3.05) is 13.1 Å². The fourth-order valence-electron chi connectivity index (χ4n) is 3.96. The van der Waals surface area contributed by atoms with Gasteiger partial charge in [0.15, 0.2) is 0 Å². The van der Waals surface area contributed by atoms with E-state index in [0.29, 0.717) is 6.04 Å². The molecule has 1 aromatic heterocycles. The minimum atomic E-state index is -0.503. The predicted molar refractivity (Wildman–Crippen MR) is 108 cm³/mol. The molecule has 1 unspecified atom stereocenters. The summed E-state index contributed by atoms with van der Waals surface area (Å²) in [6.45, 7) is 2.05. The third kappa shape index (κ3) is 5.73. The summed E-state index contributed by atoms with van der Waals surface area (Å²) in [5, 5.41) is 13.2. The van der Waals surface area contributed by atoms with Gasteiger partial charge in [-0.15, -0.1) is 36.2 Å². The summed E-state index contributed by atoms with van der Waals surface area (Å²) < 4.78 is 0.837. The van der Waals surface area contributed by atoms with E-state index in [9.17, 15) is 5.11 Å². The molecule has 1 aromatic rings. The van der Waals surface area contributed by atoms with Crippen LogP contribution in [-0.2, 0) is 0 Å². The van der Waals surface area contributed by atoms with Crippen LogP contribution >= 0.6 is 47.8 Å². The standard InChI is InChI=1S/C17H27ClN2OS.2ClH/c18-16-10-13(12-22-16)15(20-8-4-14(19)5-9-20)11-17(21)6-2-1-3-7-17;;/h10,12,14-15,21H,1-9,11,19H2;2*1H. The zero-order valence-corrected chi connectivity index (χ0v) is 17.2. The first-order valence-electron chi connectivity index (χ1n) is 8.52. The topological polar surface area (TPSA) is 49.5 Å². The number of likely N-dealkylation sites (tertiary alicyclic amines) is 1. The number of piperidine rings is 1. The van der Waals surface area contributed by atoms with Crippen LogP contribution in [0, 0.1) is 0 Å². The third-order valence-corrected chi connectivity index (χ3v) is 6.45. The summed E-state index contributed by atoms with van der Waals surface area (Å²) in [5.41, 5.74) is 6.82. The molecule has 1 aliphatic carbocycles. The maximum atomic E-state index is 11.0. The molecule has 140 valence electrons. The molecule has 0 amide bonds. The smallest absolute Gasteiger partial charge is 0.0931 e. The van der Waals surface area contributed by atoms with Crippen LogP contribution < -0.4 is 5.73 Å². The van der Waals surface area contributed by atoms with Gasteiger partial charge in [0, 0.05) is 25.2 Å². The Morgan fingerprint density at radius 1 is 1.25 bits per heavy atom. The highest BCUT2D eigenvalue weighted by Crippen LogP contribution is 2.40. The fraction of sp³-hybridized carbons (Fsp3) is 0.765. The first kappa shape index (κ1) is 22.5. The van der Waals surface area contributed by atoms with Crippen LogP contribution in [0.1, 0.15) is 63.0 Å². The second-order valence-electron chi connectivity index (χ2n) is 7.06. The number of rotatable bonds is 4. The maximum absolute atomic E-state index is 11.0. The number of nitrogens with two attached hydrogens (primary N) is 1. The van der Waals surface area contributed by atoms with Crippen LogP contribution in [0.4, 0.5) is 0 Å². The fourth-order valence-corrected chi connectivity index (χ4v) is 4.90. The molecule has 1 saturated carbocycles. The van der Waals surface area contributed by atoms with Gasteiger partial charge in [-0.05, 0) is 49.1 Å². The zero-order valence-electron chi connectivity index (χ0n) is 14.0. The van der Waals surface area contributed by atoms with E-state index >= 15 is 0 Å². The van der Waals surface area contributed by atoms with Gasteiger partial charge in [0.25, 0.3) is 0 Å². The van der Waals surface area contributed by atoms with Gasteiger partial charge in [0.05, 0.1) is 9.94 Å². The van der Waals surface area contributed by atoms with Gasteiger partial charge >= 0.3 is 0 Å². The molecule has 3 nitrogen and oxygen atoms in total. The molecule has 1 saturated heterocycles. The lowest BCUT2D eigenvalue weighted by molar-refractivity contribution is -0.0309. The number of hydrogen-bond donors (Lipinski definition) is 2. The number of hydrogen-bond acceptors (Lipinski definition) is 4. The SMILES string of the molecule is Cl.Cl.NC1CCN(C(CC2(O)CCCCC2)c2csc(Cl)c2)CC1. The molecule has 3 rings (SSSR count). The summed E-state index contributed by atoms with van der Waals surface area (Å²) in [4.78, 5) is 2.51. The summed E-state index contributed by atoms with van der Waals surface area (Å²) >= 11 is 7.75. The van der Waals surface area contributed by atoms with Gasteiger partial charge in [-0.1, -0.05) is 30.9 Å². The van der Waals surface area contributed by atoms with Crippen molar-refractivity contribution in [2.24, 2.45) is 5.73 Å². The highest BCUT2D eigenvalue weighted by Gasteiger charge is 2.36. The van der Waals surface area contributed by atoms with Crippen molar-refractivity contribution in [3.8, 4) is 0 Å². The Hall–Kier alpha value is 0.450. The molecule has 1 atom stereocenters. The van der Waals surface area contributed by atoms with Gasteiger partial charge < -0.3 is 10.8 Å². The van der Waals surface area contributed by atoms with Crippen LogP contribution in [0.25, 0.3) is 0 Å². The number of halogens is 3. The van der Waals surface area contributed by atoms with Crippen LogP contribution in [0.3, 0.4) is 0 Å². The van der Waals surface area contributed by atoms with Gasteiger partial charge in [-0.2, -0.15) is 0 Å². The molecular formula is C17H29Cl3N2OS. The van der Waals surface area contributed by atoms with E-state index < -0.39 is 5.60 Å². The highest BCUT2D eigenvalue weighted by molar-refractivity contribution is 7.14. The molecular weight excluding hydrogens is 387 g/mol. The second-order valence-corrected chi connectivity index (χ2v) is 8.61. The normalized spacial score (nSPS) is 23.1. The van der Waals surface area contributed by atoms with Crippen LogP contribution in [-0.4, -0.2) is 34.7 Å². The van der Waals surface area contributed by atoms with E-state index in [1.54, 1.807) is 11.3 Å². The lowest BCUT2D eigenvalue weighted by Crippen LogP contribution is -2.44. The molecule has 0 radical (unpaired) electrons. The first-order chi connectivity index (χ1) is 10.6. The molecule has 3 N–H and O–H groups in total. The van der Waals surface area contributed by atoms with Crippen molar-refractivity contribution in [1.82, 2.24) is 4.90 Å². The van der Waals surface area contributed by atoms with Gasteiger partial charge in [0.2, 0.25) is 0 Å². The average molecular weight is 416 g/mol. The van der Waals surface area contributed by atoms with E-state index in [1.165, 1.54) is 12.0 Å². The Bertz CT molecular complexity index is 486. The van der Waals surface area contributed by atoms with Crippen LogP contribution in [0.15, 0.2) is 11.4 Å². The molecule has 0 aromatic carbocycles. The maximum Gasteiger partial charge on any atom is 0.0931 e. The van der Waals surface area contributed by atoms with Gasteiger partial charge in [-0.25, -0.2) is 0 Å². The molecule has 7 heteroatoms. The largest absolute Gasteiger partial charge is 0.390 e. The highest BCUT2D eigenvalue weighted by atomic mass is 35.5. The molecule has 2 aliphatic rings. The molecule has 2 heterocycles. The van der Waals surface area contributed by atoms with Crippen molar-refractivity contribution in [1.29, 1.82) is 0 Å². The summed E-state index contributed by atoms with van der Waals surface area (Å²) in [7, 11) is 0. The molecule has 0 bridgehead atoms. The van der Waals surface area contributed by atoms with Gasteiger partial charge in [-0.3, -0.25) is 4.90 Å². The number of nitrogens with zero attached hydrogens (tertiary/aromatic N) is 1. The molecule has 2 fully saturated rings. The Morgan fingerprint density at radius 3 is 2.42 bits per heavy atom. The summed E-state index contributed by atoms with van der Waals surface area (Å²) in [6, 6.07) is 2.69. The van der Waals surface area contributed by atoms with Crippen molar-refractivity contribution < 1.29 is 5.11 Å². The van der Waals surface area contributed by atoms with E-state index in [-0.39, 0.29) is 30.9 Å². The Kier molecular flexibility index (Phi) is 9.33. The Labute approximate surface area is 166 Å². The van der Waals surface area contributed by atoms with Crippen molar-refractivity contribution in [3.05, 3.63) is 21.3 Å². The summed E-state index contributed by atoms with van der Waals surface area (Å²) in [6.07, 6.45) is 8.37. The number of aliphatic hydroxyl groups is 1. The zero-order chi connectivity index (χ0) is 15.6. The third-order valence-electron chi connectivity index (χ3n) is 5.35. The lowest BCUT2D eigenvalue weighted by atomic mass is 9.79. The second kappa shape index (κ2) is 9.96. The average Bonchev–Trinajstić information content (AvgIpc) is 2.93. The number of thiophene rings is 1. The van der Waals surface area contributed by atoms with E-state index in [2.05, 4.69) is 16.3 Å². The summed E-state index contributed by atoms with van der Waals surface area (Å²) in [5.74, 6) is 0.